The molecule has 10 heteroatoms. The molecule has 0 saturated carbocycles. The van der Waals surface area contributed by atoms with Gasteiger partial charge in [0.2, 0.25) is 15.9 Å². The molecule has 1 aromatic rings. The molecule has 2 fully saturated rings. The summed E-state index contributed by atoms with van der Waals surface area (Å²) in [6, 6.07) is 4.58. The number of benzene rings is 1. The molecule has 2 heterocycles. The molecule has 2 saturated heterocycles. The van der Waals surface area contributed by atoms with Crippen LogP contribution < -0.4 is 4.74 Å². The highest BCUT2D eigenvalue weighted by molar-refractivity contribution is 7.89. The quantitative estimate of drug-likeness (QED) is 0.729. The number of nitrogens with zero attached hydrogens (tertiary/aromatic N) is 2. The van der Waals surface area contributed by atoms with E-state index in [1.807, 2.05) is 11.8 Å². The molecule has 0 bridgehead atoms. The number of halogens is 3. The maximum Gasteiger partial charge on any atom is 0.573 e. The van der Waals surface area contributed by atoms with E-state index in [2.05, 4.69) is 4.74 Å². The van der Waals surface area contributed by atoms with Crippen molar-refractivity contribution in [2.75, 3.05) is 19.6 Å². The van der Waals surface area contributed by atoms with Crippen molar-refractivity contribution >= 4 is 15.9 Å². The van der Waals surface area contributed by atoms with Gasteiger partial charge in [-0.2, -0.15) is 4.31 Å². The highest BCUT2D eigenvalue weighted by Gasteiger charge is 2.36. The van der Waals surface area contributed by atoms with E-state index in [0.29, 0.717) is 12.8 Å². The van der Waals surface area contributed by atoms with Crippen LogP contribution in [0, 0.1) is 5.92 Å². The van der Waals surface area contributed by atoms with Crippen LogP contribution in [-0.4, -0.2) is 55.6 Å². The van der Waals surface area contributed by atoms with Gasteiger partial charge in [0.25, 0.3) is 0 Å². The fourth-order valence-electron chi connectivity index (χ4n) is 3.98. The molecule has 0 radical (unpaired) electrons. The van der Waals surface area contributed by atoms with Gasteiger partial charge >= 0.3 is 6.36 Å². The smallest absolute Gasteiger partial charge is 0.406 e. The molecule has 1 atom stereocenters. The third-order valence-corrected chi connectivity index (χ3v) is 7.46. The number of piperidine rings is 2. The van der Waals surface area contributed by atoms with Crippen molar-refractivity contribution in [3.8, 4) is 5.75 Å². The van der Waals surface area contributed by atoms with Crippen LogP contribution in [0.5, 0.6) is 5.75 Å². The van der Waals surface area contributed by atoms with E-state index >= 15 is 0 Å². The summed E-state index contributed by atoms with van der Waals surface area (Å²) in [7, 11) is -3.96. The second kappa shape index (κ2) is 8.51. The molecule has 29 heavy (non-hydrogen) atoms. The largest absolute Gasteiger partial charge is 0.573 e. The second-order valence-electron chi connectivity index (χ2n) is 7.58. The number of amides is 1. The Hall–Kier alpha value is -1.81. The van der Waals surface area contributed by atoms with E-state index in [0.717, 1.165) is 37.9 Å². The van der Waals surface area contributed by atoms with E-state index in [-0.39, 0.29) is 35.9 Å². The Kier molecular flexibility index (Phi) is 6.42. The Morgan fingerprint density at radius 2 is 1.79 bits per heavy atom. The Balaban J connectivity index is 1.65. The molecule has 162 valence electrons. The van der Waals surface area contributed by atoms with Crippen LogP contribution in [-0.2, 0) is 14.8 Å². The number of sulfonamides is 1. The van der Waals surface area contributed by atoms with Crippen molar-refractivity contribution in [2.45, 2.75) is 56.3 Å². The highest BCUT2D eigenvalue weighted by Crippen LogP contribution is 2.30. The maximum atomic E-state index is 12.8. The van der Waals surface area contributed by atoms with Crippen LogP contribution in [0.15, 0.2) is 29.2 Å². The number of ether oxygens (including phenoxy) is 1. The fourth-order valence-corrected chi connectivity index (χ4v) is 5.49. The molecular weight excluding hydrogens is 409 g/mol. The molecule has 3 rings (SSSR count). The third kappa shape index (κ3) is 5.22. The standard InChI is InChI=1S/C19H25F3N2O4S/c1-14-5-2-3-10-24(14)18(25)15-8-11-23(12-9-15)29(26,27)17-7-4-6-16(13-17)28-19(20,21)22/h4,6-7,13-15H,2-3,5,8-12H2,1H3. The van der Waals surface area contributed by atoms with Gasteiger partial charge in [0, 0.05) is 37.7 Å². The second-order valence-corrected chi connectivity index (χ2v) is 9.52. The predicted octanol–water partition coefficient (Wildman–Crippen LogP) is 3.39. The number of likely N-dealkylation sites (tertiary alicyclic amines) is 1. The molecule has 2 aliphatic rings. The Bertz CT molecular complexity index is 836. The first-order valence-electron chi connectivity index (χ1n) is 9.74. The number of hydrogen-bond acceptors (Lipinski definition) is 4. The summed E-state index contributed by atoms with van der Waals surface area (Å²) in [4.78, 5) is 14.4. The normalized spacial score (nSPS) is 22.5. The van der Waals surface area contributed by atoms with E-state index in [4.69, 9.17) is 0 Å². The number of carbonyl (C=O) groups is 1. The molecule has 1 unspecified atom stereocenters. The summed E-state index contributed by atoms with van der Waals surface area (Å²) in [5, 5.41) is 0. The van der Waals surface area contributed by atoms with E-state index in [1.165, 1.54) is 16.4 Å². The van der Waals surface area contributed by atoms with Gasteiger partial charge in [-0.1, -0.05) is 6.07 Å². The Morgan fingerprint density at radius 3 is 2.41 bits per heavy atom. The predicted molar refractivity (Wildman–Crippen MR) is 99.6 cm³/mol. The van der Waals surface area contributed by atoms with Gasteiger partial charge in [0.05, 0.1) is 4.90 Å². The molecule has 0 N–H and O–H groups in total. The highest BCUT2D eigenvalue weighted by atomic mass is 32.2. The van der Waals surface area contributed by atoms with Crippen molar-refractivity contribution < 1.29 is 31.1 Å². The van der Waals surface area contributed by atoms with Crippen LogP contribution in [0.3, 0.4) is 0 Å². The van der Waals surface area contributed by atoms with Gasteiger partial charge in [0.15, 0.2) is 0 Å². The van der Waals surface area contributed by atoms with Gasteiger partial charge in [-0.15, -0.1) is 13.2 Å². The van der Waals surface area contributed by atoms with Crippen molar-refractivity contribution in [2.24, 2.45) is 5.92 Å². The van der Waals surface area contributed by atoms with Gasteiger partial charge in [-0.25, -0.2) is 8.42 Å². The minimum absolute atomic E-state index is 0.0785. The Morgan fingerprint density at radius 1 is 1.10 bits per heavy atom. The number of alkyl halides is 3. The lowest BCUT2D eigenvalue weighted by atomic mass is 9.94. The zero-order valence-corrected chi connectivity index (χ0v) is 17.0. The Labute approximate surface area is 168 Å². The first-order chi connectivity index (χ1) is 13.6. The topological polar surface area (TPSA) is 66.9 Å². The first kappa shape index (κ1) is 21.9. The summed E-state index contributed by atoms with van der Waals surface area (Å²) in [5.41, 5.74) is 0. The zero-order chi connectivity index (χ0) is 21.2. The summed E-state index contributed by atoms with van der Waals surface area (Å²) >= 11 is 0. The fraction of sp³-hybridized carbons (Fsp3) is 0.632. The van der Waals surface area contributed by atoms with Gasteiger partial charge < -0.3 is 9.64 Å². The summed E-state index contributed by atoms with van der Waals surface area (Å²) in [5.74, 6) is -0.723. The lowest BCUT2D eigenvalue weighted by Crippen LogP contribution is -2.48. The third-order valence-electron chi connectivity index (χ3n) is 5.57. The first-order valence-corrected chi connectivity index (χ1v) is 11.2. The van der Waals surface area contributed by atoms with Crippen LogP contribution in [0.25, 0.3) is 0 Å². The van der Waals surface area contributed by atoms with E-state index in [1.54, 1.807) is 0 Å². The SMILES string of the molecule is CC1CCCCN1C(=O)C1CCN(S(=O)(=O)c2cccc(OC(F)(F)F)c2)CC1. The van der Waals surface area contributed by atoms with Crippen molar-refractivity contribution in [1.82, 2.24) is 9.21 Å². The van der Waals surface area contributed by atoms with Gasteiger partial charge in [-0.05, 0) is 51.2 Å². The number of carbonyl (C=O) groups excluding carboxylic acids is 1. The zero-order valence-electron chi connectivity index (χ0n) is 16.2. The van der Waals surface area contributed by atoms with E-state index < -0.39 is 22.1 Å². The van der Waals surface area contributed by atoms with E-state index in [9.17, 15) is 26.4 Å². The lowest BCUT2D eigenvalue weighted by Gasteiger charge is -2.38. The average molecular weight is 434 g/mol. The van der Waals surface area contributed by atoms with Crippen LogP contribution in [0.4, 0.5) is 13.2 Å². The van der Waals surface area contributed by atoms with Crippen LogP contribution >= 0.6 is 0 Å². The van der Waals surface area contributed by atoms with Crippen LogP contribution in [0.1, 0.15) is 39.0 Å². The summed E-state index contributed by atoms with van der Waals surface area (Å²) in [6.45, 7) is 3.09. The molecule has 1 amide bonds. The summed E-state index contributed by atoms with van der Waals surface area (Å²) in [6.07, 6.45) is -1.01. The van der Waals surface area contributed by atoms with Gasteiger partial charge in [-0.3, -0.25) is 4.79 Å². The van der Waals surface area contributed by atoms with Crippen LogP contribution in [0.2, 0.25) is 0 Å². The molecule has 0 spiro atoms. The molecule has 0 aliphatic carbocycles. The van der Waals surface area contributed by atoms with Crippen molar-refractivity contribution in [3.63, 3.8) is 0 Å². The number of rotatable bonds is 4. The average Bonchev–Trinajstić information content (AvgIpc) is 2.67. The lowest BCUT2D eigenvalue weighted by molar-refractivity contribution is -0.274. The molecule has 2 aliphatic heterocycles. The van der Waals surface area contributed by atoms with Gasteiger partial charge in [0.1, 0.15) is 5.75 Å². The monoisotopic (exact) mass is 434 g/mol. The molecule has 6 nitrogen and oxygen atoms in total. The number of hydrogen-bond donors (Lipinski definition) is 0. The minimum Gasteiger partial charge on any atom is -0.406 e. The van der Waals surface area contributed by atoms with Crippen molar-refractivity contribution in [1.29, 1.82) is 0 Å². The maximum absolute atomic E-state index is 12.8. The molecule has 1 aromatic carbocycles. The minimum atomic E-state index is -4.90. The van der Waals surface area contributed by atoms with Crippen molar-refractivity contribution in [3.05, 3.63) is 24.3 Å². The summed E-state index contributed by atoms with van der Waals surface area (Å²) < 4.78 is 67.9. The molecular formula is C19H25F3N2O4S. The molecule has 0 aromatic heterocycles.